The molecule has 1 aromatic carbocycles. The summed E-state index contributed by atoms with van der Waals surface area (Å²) in [7, 11) is 0. The highest BCUT2D eigenvalue weighted by Gasteiger charge is 2.17. The predicted octanol–water partition coefficient (Wildman–Crippen LogP) is 2.54. The van der Waals surface area contributed by atoms with Gasteiger partial charge >= 0.3 is 0 Å². The van der Waals surface area contributed by atoms with E-state index >= 15 is 0 Å². The second-order valence-corrected chi connectivity index (χ2v) is 4.67. The molecule has 0 saturated carbocycles. The van der Waals surface area contributed by atoms with Crippen LogP contribution in [-0.4, -0.2) is 10.9 Å². The van der Waals surface area contributed by atoms with Gasteiger partial charge in [-0.15, -0.1) is 0 Å². The van der Waals surface area contributed by atoms with Gasteiger partial charge in [0.15, 0.2) is 6.29 Å². The largest absolute Gasteiger partial charge is 0.298 e. The van der Waals surface area contributed by atoms with Crippen molar-refractivity contribution >= 4 is 17.9 Å². The number of aromatic nitrogens is 1. The quantitative estimate of drug-likeness (QED) is 0.643. The maximum atomic E-state index is 12.3. The first-order chi connectivity index (χ1) is 9.60. The molecule has 2 aromatic rings. The van der Waals surface area contributed by atoms with Crippen LogP contribution in [-0.2, 0) is 6.54 Å². The van der Waals surface area contributed by atoms with Crippen LogP contribution in [0.25, 0.3) is 0 Å². The standard InChI is InChI=1S/C15H11ClN2O2/c1-10-12(7-17)15(20)18(14(16)13(10)9-19)8-11-5-3-2-4-6-11/h2-6,9H,8H2,1H3. The molecule has 0 atom stereocenters. The summed E-state index contributed by atoms with van der Waals surface area (Å²) in [4.78, 5) is 23.4. The molecule has 1 heterocycles. The van der Waals surface area contributed by atoms with Gasteiger partial charge in [0, 0.05) is 0 Å². The van der Waals surface area contributed by atoms with Gasteiger partial charge < -0.3 is 0 Å². The van der Waals surface area contributed by atoms with Crippen LogP contribution in [0.3, 0.4) is 0 Å². The Morgan fingerprint density at radius 2 is 2.00 bits per heavy atom. The van der Waals surface area contributed by atoms with Gasteiger partial charge in [-0.1, -0.05) is 41.9 Å². The Morgan fingerprint density at radius 1 is 1.35 bits per heavy atom. The van der Waals surface area contributed by atoms with Crippen LogP contribution >= 0.6 is 11.6 Å². The fourth-order valence-corrected chi connectivity index (χ4v) is 2.32. The molecule has 0 fully saturated rings. The number of aldehydes is 1. The first kappa shape index (κ1) is 14.0. The van der Waals surface area contributed by atoms with E-state index in [1.807, 2.05) is 36.4 Å². The number of carbonyl (C=O) groups is 1. The highest BCUT2D eigenvalue weighted by molar-refractivity contribution is 6.32. The molecule has 100 valence electrons. The third-order valence-electron chi connectivity index (χ3n) is 3.11. The summed E-state index contributed by atoms with van der Waals surface area (Å²) in [5.74, 6) is 0. The minimum absolute atomic E-state index is 0.0487. The molecule has 0 spiro atoms. The fraction of sp³-hybridized carbons (Fsp3) is 0.133. The highest BCUT2D eigenvalue weighted by Crippen LogP contribution is 2.19. The van der Waals surface area contributed by atoms with Crippen LogP contribution in [0.2, 0.25) is 5.15 Å². The number of pyridine rings is 1. The number of nitriles is 1. The zero-order valence-electron chi connectivity index (χ0n) is 10.8. The van der Waals surface area contributed by atoms with Crippen LogP contribution in [0.1, 0.15) is 27.0 Å². The summed E-state index contributed by atoms with van der Waals surface area (Å²) in [5.41, 5.74) is 0.832. The Morgan fingerprint density at radius 3 is 2.55 bits per heavy atom. The van der Waals surface area contributed by atoms with E-state index in [0.29, 0.717) is 11.8 Å². The predicted molar refractivity (Wildman–Crippen MR) is 76.1 cm³/mol. The van der Waals surface area contributed by atoms with E-state index in [1.165, 1.54) is 4.57 Å². The fourth-order valence-electron chi connectivity index (χ4n) is 2.00. The summed E-state index contributed by atoms with van der Waals surface area (Å²) >= 11 is 6.12. The topological polar surface area (TPSA) is 62.9 Å². The summed E-state index contributed by atoms with van der Waals surface area (Å²) in [6.07, 6.45) is 0.569. The zero-order valence-corrected chi connectivity index (χ0v) is 11.5. The van der Waals surface area contributed by atoms with Crippen molar-refractivity contribution in [2.75, 3.05) is 0 Å². The Hall–Kier alpha value is -2.38. The van der Waals surface area contributed by atoms with Gasteiger partial charge in [0.1, 0.15) is 16.8 Å². The number of nitrogens with zero attached hydrogens (tertiary/aromatic N) is 2. The average Bonchev–Trinajstić information content (AvgIpc) is 2.46. The van der Waals surface area contributed by atoms with Gasteiger partial charge in [0.05, 0.1) is 12.1 Å². The van der Waals surface area contributed by atoms with E-state index < -0.39 is 5.56 Å². The molecule has 0 radical (unpaired) electrons. The van der Waals surface area contributed by atoms with Gasteiger partial charge in [-0.2, -0.15) is 5.26 Å². The molecule has 0 N–H and O–H groups in total. The van der Waals surface area contributed by atoms with Crippen molar-refractivity contribution in [3.8, 4) is 6.07 Å². The van der Waals surface area contributed by atoms with E-state index in [1.54, 1.807) is 6.92 Å². The molecule has 0 bridgehead atoms. The molecule has 0 saturated heterocycles. The second-order valence-electron chi connectivity index (χ2n) is 4.31. The Bertz CT molecular complexity index is 758. The number of rotatable bonds is 3. The van der Waals surface area contributed by atoms with E-state index in [4.69, 9.17) is 16.9 Å². The SMILES string of the molecule is Cc1c(C=O)c(Cl)n(Cc2ccccc2)c(=O)c1C#N. The Balaban J connectivity index is 2.68. The van der Waals surface area contributed by atoms with Crippen molar-refractivity contribution in [2.45, 2.75) is 13.5 Å². The third kappa shape index (κ3) is 2.36. The Kier molecular flexibility index (Phi) is 4.02. The van der Waals surface area contributed by atoms with Crippen LogP contribution in [0.15, 0.2) is 35.1 Å². The van der Waals surface area contributed by atoms with Gasteiger partial charge in [0.2, 0.25) is 0 Å². The molecule has 4 nitrogen and oxygen atoms in total. The monoisotopic (exact) mass is 286 g/mol. The molecule has 0 unspecified atom stereocenters. The van der Waals surface area contributed by atoms with Gasteiger partial charge in [-0.05, 0) is 18.1 Å². The molecular weight excluding hydrogens is 276 g/mol. The molecule has 1 aromatic heterocycles. The zero-order chi connectivity index (χ0) is 14.7. The second kappa shape index (κ2) is 5.72. The summed E-state index contributed by atoms with van der Waals surface area (Å²) in [6.45, 7) is 1.76. The highest BCUT2D eigenvalue weighted by atomic mass is 35.5. The van der Waals surface area contributed by atoms with Crippen molar-refractivity contribution in [3.05, 3.63) is 68.1 Å². The molecule has 20 heavy (non-hydrogen) atoms. The minimum atomic E-state index is -0.482. The summed E-state index contributed by atoms with van der Waals surface area (Å²) in [5, 5.41) is 9.14. The molecule has 2 rings (SSSR count). The van der Waals surface area contributed by atoms with E-state index in [2.05, 4.69) is 0 Å². The van der Waals surface area contributed by atoms with E-state index in [0.717, 1.165) is 5.56 Å². The van der Waals surface area contributed by atoms with Gasteiger partial charge in [-0.25, -0.2) is 0 Å². The van der Waals surface area contributed by atoms with Crippen molar-refractivity contribution < 1.29 is 4.79 Å². The molecule has 5 heteroatoms. The lowest BCUT2D eigenvalue weighted by molar-refractivity contribution is 0.112. The van der Waals surface area contributed by atoms with Crippen molar-refractivity contribution in [3.63, 3.8) is 0 Å². The number of halogens is 1. The number of carbonyl (C=O) groups excluding carboxylic acids is 1. The summed E-state index contributed by atoms with van der Waals surface area (Å²) in [6, 6.07) is 11.1. The lowest BCUT2D eigenvalue weighted by Gasteiger charge is -2.13. The molecule has 0 amide bonds. The van der Waals surface area contributed by atoms with Gasteiger partial charge in [0.25, 0.3) is 5.56 Å². The van der Waals surface area contributed by atoms with Crippen molar-refractivity contribution in [1.29, 1.82) is 5.26 Å². The first-order valence-electron chi connectivity index (χ1n) is 5.92. The Labute approximate surface area is 120 Å². The first-order valence-corrected chi connectivity index (χ1v) is 6.30. The lowest BCUT2D eigenvalue weighted by atomic mass is 10.1. The average molecular weight is 287 g/mol. The lowest BCUT2D eigenvalue weighted by Crippen LogP contribution is -2.26. The van der Waals surface area contributed by atoms with Crippen molar-refractivity contribution in [2.24, 2.45) is 0 Å². The normalized spacial score (nSPS) is 10.1. The maximum Gasteiger partial charge on any atom is 0.270 e. The van der Waals surface area contributed by atoms with Crippen molar-refractivity contribution in [1.82, 2.24) is 4.57 Å². The van der Waals surface area contributed by atoms with E-state index in [-0.39, 0.29) is 22.8 Å². The number of benzene rings is 1. The number of hydrogen-bond acceptors (Lipinski definition) is 3. The summed E-state index contributed by atoms with van der Waals surface area (Å²) < 4.78 is 1.24. The molecule has 0 aliphatic rings. The van der Waals surface area contributed by atoms with E-state index in [9.17, 15) is 9.59 Å². The molecular formula is C15H11ClN2O2. The molecule has 0 aliphatic carbocycles. The van der Waals surface area contributed by atoms with Crippen LogP contribution in [0, 0.1) is 18.3 Å². The maximum absolute atomic E-state index is 12.3. The minimum Gasteiger partial charge on any atom is -0.298 e. The van der Waals surface area contributed by atoms with Crippen LogP contribution < -0.4 is 5.56 Å². The van der Waals surface area contributed by atoms with Crippen LogP contribution in [0.4, 0.5) is 0 Å². The van der Waals surface area contributed by atoms with Gasteiger partial charge in [-0.3, -0.25) is 14.2 Å². The molecule has 0 aliphatic heterocycles. The van der Waals surface area contributed by atoms with Crippen LogP contribution in [0.5, 0.6) is 0 Å². The smallest absolute Gasteiger partial charge is 0.270 e. The third-order valence-corrected chi connectivity index (χ3v) is 3.52. The number of hydrogen-bond donors (Lipinski definition) is 0.